The molecular weight excluding hydrogens is 351 g/mol. The van der Waals surface area contributed by atoms with E-state index in [4.69, 9.17) is 0 Å². The quantitative estimate of drug-likeness (QED) is 0.805. The van der Waals surface area contributed by atoms with Crippen LogP contribution < -0.4 is 10.2 Å². The predicted octanol–water partition coefficient (Wildman–Crippen LogP) is 0.660. The van der Waals surface area contributed by atoms with Gasteiger partial charge in [0.2, 0.25) is 5.91 Å². The van der Waals surface area contributed by atoms with Crippen LogP contribution in [0.4, 0.5) is 10.1 Å². The Morgan fingerprint density at radius 2 is 1.70 bits per heavy atom. The van der Waals surface area contributed by atoms with E-state index in [2.05, 4.69) is 15.2 Å². The normalized spacial score (nSPS) is 15.3. The first-order valence-electron chi connectivity index (χ1n) is 8.69. The third-order valence-electron chi connectivity index (χ3n) is 4.51. The molecule has 0 bridgehead atoms. The summed E-state index contributed by atoms with van der Waals surface area (Å²) < 4.78 is 13.0. The lowest BCUT2D eigenvalue weighted by Crippen LogP contribution is -2.56. The molecule has 2 heterocycles. The number of nitrogens with zero attached hydrogens (tertiary/aromatic N) is 3. The van der Waals surface area contributed by atoms with Crippen LogP contribution in [0.3, 0.4) is 0 Å². The molecule has 1 aliphatic heterocycles. The summed E-state index contributed by atoms with van der Waals surface area (Å²) in [6.45, 7) is 1.62. The lowest BCUT2D eigenvalue weighted by molar-refractivity contribution is -0.134. The maximum absolute atomic E-state index is 13.0. The van der Waals surface area contributed by atoms with Crippen molar-refractivity contribution < 1.29 is 19.1 Å². The van der Waals surface area contributed by atoms with Crippen molar-refractivity contribution >= 4 is 17.5 Å². The number of carbonyl (C=O) groups is 2. The fourth-order valence-electron chi connectivity index (χ4n) is 2.99. The minimum Gasteiger partial charge on any atom is -0.394 e. The van der Waals surface area contributed by atoms with Gasteiger partial charge in [0.25, 0.3) is 5.91 Å². The van der Waals surface area contributed by atoms with Crippen LogP contribution in [0.1, 0.15) is 10.4 Å². The number of piperazine rings is 1. The molecule has 1 aromatic carbocycles. The van der Waals surface area contributed by atoms with Crippen LogP contribution in [0.5, 0.6) is 0 Å². The predicted molar refractivity (Wildman–Crippen MR) is 97.8 cm³/mol. The largest absolute Gasteiger partial charge is 0.394 e. The number of rotatable bonds is 5. The van der Waals surface area contributed by atoms with E-state index < -0.39 is 18.6 Å². The van der Waals surface area contributed by atoms with Crippen LogP contribution >= 0.6 is 0 Å². The highest BCUT2D eigenvalue weighted by Crippen LogP contribution is 2.17. The van der Waals surface area contributed by atoms with Crippen molar-refractivity contribution in [2.45, 2.75) is 6.04 Å². The third kappa shape index (κ3) is 4.59. The SMILES string of the molecule is O=C(N[C@@H](CO)C(=O)N1CCN(c2ccc(F)cc2)CC1)c1ccncc1. The zero-order valence-corrected chi connectivity index (χ0v) is 14.7. The van der Waals surface area contributed by atoms with Gasteiger partial charge in [0.1, 0.15) is 11.9 Å². The average molecular weight is 372 g/mol. The van der Waals surface area contributed by atoms with E-state index in [-0.39, 0.29) is 11.7 Å². The maximum Gasteiger partial charge on any atom is 0.252 e. The van der Waals surface area contributed by atoms with E-state index in [1.54, 1.807) is 17.0 Å². The Bertz CT molecular complexity index is 777. The Morgan fingerprint density at radius 3 is 2.30 bits per heavy atom. The maximum atomic E-state index is 13.0. The van der Waals surface area contributed by atoms with Crippen molar-refractivity contribution in [2.75, 3.05) is 37.7 Å². The molecule has 3 rings (SSSR count). The minimum atomic E-state index is -0.997. The zero-order chi connectivity index (χ0) is 19.2. The van der Waals surface area contributed by atoms with E-state index in [1.807, 2.05) is 0 Å². The number of halogens is 1. The lowest BCUT2D eigenvalue weighted by Gasteiger charge is -2.37. The topological polar surface area (TPSA) is 85.8 Å². The molecule has 7 nitrogen and oxygen atoms in total. The van der Waals surface area contributed by atoms with Gasteiger partial charge < -0.3 is 20.2 Å². The minimum absolute atomic E-state index is 0.289. The highest BCUT2D eigenvalue weighted by atomic mass is 19.1. The second-order valence-corrected chi connectivity index (χ2v) is 6.23. The molecule has 1 atom stereocenters. The van der Waals surface area contributed by atoms with E-state index >= 15 is 0 Å². The molecule has 27 heavy (non-hydrogen) atoms. The number of hydrogen-bond acceptors (Lipinski definition) is 5. The number of benzene rings is 1. The molecule has 8 heteroatoms. The van der Waals surface area contributed by atoms with E-state index in [1.165, 1.54) is 36.7 Å². The van der Waals surface area contributed by atoms with E-state index in [0.29, 0.717) is 31.7 Å². The summed E-state index contributed by atoms with van der Waals surface area (Å²) in [4.78, 5) is 32.4. The summed E-state index contributed by atoms with van der Waals surface area (Å²) in [5.41, 5.74) is 1.27. The van der Waals surface area contributed by atoms with E-state index in [0.717, 1.165) is 5.69 Å². The van der Waals surface area contributed by atoms with Crippen molar-refractivity contribution in [3.8, 4) is 0 Å². The molecule has 1 saturated heterocycles. The summed E-state index contributed by atoms with van der Waals surface area (Å²) in [6.07, 6.45) is 2.97. The van der Waals surface area contributed by atoms with Crippen LogP contribution in [0.15, 0.2) is 48.8 Å². The van der Waals surface area contributed by atoms with Gasteiger partial charge in [0, 0.05) is 49.8 Å². The van der Waals surface area contributed by atoms with Gasteiger partial charge in [-0.3, -0.25) is 14.6 Å². The van der Waals surface area contributed by atoms with Crippen molar-refractivity contribution in [1.29, 1.82) is 0 Å². The number of anilines is 1. The molecule has 1 aliphatic rings. The fraction of sp³-hybridized carbons (Fsp3) is 0.316. The first kappa shape index (κ1) is 18.8. The number of carbonyl (C=O) groups excluding carboxylic acids is 2. The molecule has 0 unspecified atom stereocenters. The number of nitrogens with one attached hydrogen (secondary N) is 1. The van der Waals surface area contributed by atoms with Gasteiger partial charge in [0.05, 0.1) is 6.61 Å². The second-order valence-electron chi connectivity index (χ2n) is 6.23. The van der Waals surface area contributed by atoms with Crippen LogP contribution in [0, 0.1) is 5.82 Å². The van der Waals surface area contributed by atoms with Crippen molar-refractivity contribution in [3.63, 3.8) is 0 Å². The van der Waals surface area contributed by atoms with Crippen molar-refractivity contribution in [3.05, 3.63) is 60.2 Å². The number of hydrogen-bond donors (Lipinski definition) is 2. The average Bonchev–Trinajstić information content (AvgIpc) is 2.72. The highest BCUT2D eigenvalue weighted by molar-refractivity contribution is 5.97. The molecule has 142 valence electrons. The number of aromatic nitrogens is 1. The van der Waals surface area contributed by atoms with Gasteiger partial charge in [-0.05, 0) is 36.4 Å². The Labute approximate surface area is 156 Å². The standard InChI is InChI=1S/C19H21FN4O3/c20-15-1-3-16(4-2-15)23-9-11-24(12-10-23)19(27)17(13-25)22-18(26)14-5-7-21-8-6-14/h1-8,17,25H,9-13H2,(H,22,26)/t17-/m0/s1. The van der Waals surface area contributed by atoms with Crippen molar-refractivity contribution in [2.24, 2.45) is 0 Å². The second kappa shape index (κ2) is 8.59. The number of pyridine rings is 1. The lowest BCUT2D eigenvalue weighted by atomic mass is 10.2. The van der Waals surface area contributed by atoms with Gasteiger partial charge in [-0.15, -0.1) is 0 Å². The van der Waals surface area contributed by atoms with Gasteiger partial charge in [-0.2, -0.15) is 0 Å². The molecule has 0 radical (unpaired) electrons. The smallest absolute Gasteiger partial charge is 0.252 e. The molecule has 0 saturated carbocycles. The number of aliphatic hydroxyl groups excluding tert-OH is 1. The van der Waals surface area contributed by atoms with Crippen LogP contribution in [-0.4, -0.2) is 65.6 Å². The van der Waals surface area contributed by atoms with Gasteiger partial charge >= 0.3 is 0 Å². The number of amides is 2. The zero-order valence-electron chi connectivity index (χ0n) is 14.7. The summed E-state index contributed by atoms with van der Waals surface area (Å²) in [7, 11) is 0. The van der Waals surface area contributed by atoms with Gasteiger partial charge in [-0.25, -0.2) is 4.39 Å². The Balaban J connectivity index is 1.57. The summed E-state index contributed by atoms with van der Waals surface area (Å²) >= 11 is 0. The molecule has 2 N–H and O–H groups in total. The summed E-state index contributed by atoms with van der Waals surface area (Å²) in [5, 5.41) is 12.1. The molecule has 2 amide bonds. The Morgan fingerprint density at radius 1 is 1.07 bits per heavy atom. The summed E-state index contributed by atoms with van der Waals surface area (Å²) in [5.74, 6) is -1.04. The molecule has 1 aromatic heterocycles. The molecule has 0 spiro atoms. The van der Waals surface area contributed by atoms with Gasteiger partial charge in [0.15, 0.2) is 0 Å². The Kier molecular flexibility index (Phi) is 5.97. The highest BCUT2D eigenvalue weighted by Gasteiger charge is 2.28. The fourth-order valence-corrected chi connectivity index (χ4v) is 2.99. The third-order valence-corrected chi connectivity index (χ3v) is 4.51. The molecule has 2 aromatic rings. The van der Waals surface area contributed by atoms with Crippen LogP contribution in [0.2, 0.25) is 0 Å². The van der Waals surface area contributed by atoms with Gasteiger partial charge in [-0.1, -0.05) is 0 Å². The van der Waals surface area contributed by atoms with E-state index in [9.17, 15) is 19.1 Å². The summed E-state index contributed by atoms with van der Waals surface area (Å²) in [6, 6.07) is 8.30. The Hall–Kier alpha value is -3.00. The van der Waals surface area contributed by atoms with Crippen molar-refractivity contribution in [1.82, 2.24) is 15.2 Å². The van der Waals surface area contributed by atoms with Crippen LogP contribution in [-0.2, 0) is 4.79 Å². The molecule has 1 fully saturated rings. The molecule has 0 aliphatic carbocycles. The first-order valence-corrected chi connectivity index (χ1v) is 8.69. The molecular formula is C19H21FN4O3. The number of aliphatic hydroxyl groups is 1. The van der Waals surface area contributed by atoms with Crippen LogP contribution in [0.25, 0.3) is 0 Å². The monoisotopic (exact) mass is 372 g/mol. The first-order chi connectivity index (χ1) is 13.1.